The van der Waals surface area contributed by atoms with Crippen LogP contribution in [0.5, 0.6) is 0 Å². The molecule has 4 nitrogen and oxygen atoms in total. The summed E-state index contributed by atoms with van der Waals surface area (Å²) in [7, 11) is 0. The summed E-state index contributed by atoms with van der Waals surface area (Å²) in [4.78, 5) is 4.33. The molecule has 6 heteroatoms. The van der Waals surface area contributed by atoms with Crippen molar-refractivity contribution in [1.29, 1.82) is 5.26 Å². The molecular weight excluding hydrogens is 283 g/mol. The van der Waals surface area contributed by atoms with Crippen molar-refractivity contribution in [3.63, 3.8) is 0 Å². The lowest BCUT2D eigenvalue weighted by Gasteiger charge is -2.13. The van der Waals surface area contributed by atoms with Crippen molar-refractivity contribution in [1.82, 2.24) is 14.6 Å². The number of hydrogen-bond acceptors (Lipinski definition) is 3. The number of nitrogens with zero attached hydrogens (tertiary/aromatic N) is 4. The van der Waals surface area contributed by atoms with Crippen LogP contribution in [0.1, 0.15) is 48.4 Å². The second-order valence-corrected chi connectivity index (χ2v) is 5.61. The van der Waals surface area contributed by atoms with Crippen LogP contribution in [0.2, 0.25) is 10.3 Å². The molecule has 0 atom stereocenters. The molecule has 0 unspecified atom stereocenters. The van der Waals surface area contributed by atoms with E-state index in [0.717, 1.165) is 18.4 Å². The Morgan fingerprint density at radius 1 is 1.32 bits per heavy atom. The van der Waals surface area contributed by atoms with Gasteiger partial charge >= 0.3 is 0 Å². The van der Waals surface area contributed by atoms with Crippen molar-refractivity contribution in [2.75, 3.05) is 0 Å². The lowest BCUT2D eigenvalue weighted by atomic mass is 10.0. The van der Waals surface area contributed by atoms with E-state index < -0.39 is 0 Å². The van der Waals surface area contributed by atoms with E-state index in [1.807, 2.05) is 0 Å². The van der Waals surface area contributed by atoms with Crippen LogP contribution in [0.4, 0.5) is 0 Å². The molecule has 0 bridgehead atoms. The molecule has 1 saturated carbocycles. The van der Waals surface area contributed by atoms with Crippen molar-refractivity contribution < 1.29 is 0 Å². The largest absolute Gasteiger partial charge is 0.215 e. The summed E-state index contributed by atoms with van der Waals surface area (Å²) in [5.41, 5.74) is 2.37. The van der Waals surface area contributed by atoms with Gasteiger partial charge in [0.05, 0.1) is 5.69 Å². The second-order valence-electron chi connectivity index (χ2n) is 4.90. The van der Waals surface area contributed by atoms with Crippen LogP contribution in [0.3, 0.4) is 0 Å². The number of aryl methyl sites for hydroxylation is 1. The zero-order valence-electron chi connectivity index (χ0n) is 10.5. The standard InChI is InChI=1S/C13H12Cl2N4/c1-7-9(6-16)13-17-11(14)10(8-4-2-3-5-8)12(15)19(13)18-7/h8H,2-5H2,1H3. The third-order valence-electron chi connectivity index (χ3n) is 3.75. The first-order chi connectivity index (χ1) is 9.13. The first-order valence-corrected chi connectivity index (χ1v) is 7.03. The van der Waals surface area contributed by atoms with E-state index in [0.29, 0.717) is 33.1 Å². The van der Waals surface area contributed by atoms with Gasteiger partial charge in [-0.25, -0.2) is 9.50 Å². The monoisotopic (exact) mass is 294 g/mol. The fourth-order valence-corrected chi connectivity index (χ4v) is 3.52. The van der Waals surface area contributed by atoms with Gasteiger partial charge in [0.15, 0.2) is 5.65 Å². The number of nitriles is 1. The maximum absolute atomic E-state index is 9.14. The van der Waals surface area contributed by atoms with Crippen LogP contribution in [0.25, 0.3) is 5.65 Å². The number of aromatic nitrogens is 3. The van der Waals surface area contributed by atoms with Crippen molar-refractivity contribution in [2.45, 2.75) is 38.5 Å². The highest BCUT2D eigenvalue weighted by atomic mass is 35.5. The Morgan fingerprint density at radius 2 is 2.00 bits per heavy atom. The van der Waals surface area contributed by atoms with Gasteiger partial charge in [-0.3, -0.25) is 0 Å². The van der Waals surface area contributed by atoms with Gasteiger partial charge in [0.2, 0.25) is 0 Å². The molecule has 0 aliphatic heterocycles. The Morgan fingerprint density at radius 3 is 2.63 bits per heavy atom. The van der Waals surface area contributed by atoms with Crippen LogP contribution in [-0.2, 0) is 0 Å². The Hall–Kier alpha value is -1.31. The van der Waals surface area contributed by atoms with Crippen molar-refractivity contribution in [3.05, 3.63) is 27.1 Å². The normalized spacial score (nSPS) is 16.1. The fraction of sp³-hybridized carbons (Fsp3) is 0.462. The molecule has 0 N–H and O–H groups in total. The van der Waals surface area contributed by atoms with Crippen LogP contribution >= 0.6 is 23.2 Å². The maximum Gasteiger partial charge on any atom is 0.176 e. The van der Waals surface area contributed by atoms with Crippen LogP contribution in [0.15, 0.2) is 0 Å². The number of hydrogen-bond donors (Lipinski definition) is 0. The minimum absolute atomic E-state index is 0.354. The third kappa shape index (κ3) is 1.89. The minimum Gasteiger partial charge on any atom is -0.215 e. The Labute approximate surface area is 121 Å². The summed E-state index contributed by atoms with van der Waals surface area (Å²) in [6.07, 6.45) is 4.55. The van der Waals surface area contributed by atoms with Gasteiger partial charge in [-0.05, 0) is 25.7 Å². The van der Waals surface area contributed by atoms with Gasteiger partial charge in [0.25, 0.3) is 0 Å². The Kier molecular flexibility index (Phi) is 3.12. The van der Waals surface area contributed by atoms with Gasteiger partial charge in [-0.2, -0.15) is 10.4 Å². The fourth-order valence-electron chi connectivity index (χ4n) is 2.79. The molecule has 2 aromatic heterocycles. The highest BCUT2D eigenvalue weighted by Gasteiger charge is 2.26. The highest BCUT2D eigenvalue weighted by molar-refractivity contribution is 6.35. The topological polar surface area (TPSA) is 54.0 Å². The highest BCUT2D eigenvalue weighted by Crippen LogP contribution is 2.41. The molecule has 0 spiro atoms. The van der Waals surface area contributed by atoms with Gasteiger partial charge in [-0.1, -0.05) is 36.0 Å². The van der Waals surface area contributed by atoms with Crippen molar-refractivity contribution in [2.24, 2.45) is 0 Å². The summed E-state index contributed by atoms with van der Waals surface area (Å²) < 4.78 is 1.54. The average molecular weight is 295 g/mol. The second kappa shape index (κ2) is 4.66. The van der Waals surface area contributed by atoms with E-state index in [2.05, 4.69) is 16.2 Å². The quantitative estimate of drug-likeness (QED) is 0.750. The average Bonchev–Trinajstić information content (AvgIpc) is 2.97. The molecule has 19 heavy (non-hydrogen) atoms. The Balaban J connectivity index is 2.28. The molecule has 3 rings (SSSR count). The van der Waals surface area contributed by atoms with Gasteiger partial charge < -0.3 is 0 Å². The van der Waals surface area contributed by atoms with Crippen molar-refractivity contribution >= 4 is 28.8 Å². The zero-order valence-corrected chi connectivity index (χ0v) is 12.0. The van der Waals surface area contributed by atoms with E-state index in [-0.39, 0.29) is 0 Å². The van der Waals surface area contributed by atoms with Crippen LogP contribution < -0.4 is 0 Å². The summed E-state index contributed by atoms with van der Waals surface area (Å²) in [5.74, 6) is 0.354. The summed E-state index contributed by atoms with van der Waals surface area (Å²) in [6.45, 7) is 1.77. The number of fused-ring (bicyclic) bond motifs is 1. The lowest BCUT2D eigenvalue weighted by molar-refractivity contribution is 0.708. The molecular formula is C13H12Cl2N4. The van der Waals surface area contributed by atoms with E-state index >= 15 is 0 Å². The van der Waals surface area contributed by atoms with Crippen molar-refractivity contribution in [3.8, 4) is 6.07 Å². The molecule has 0 amide bonds. The minimum atomic E-state index is 0.354. The summed E-state index contributed by atoms with van der Waals surface area (Å²) >= 11 is 12.7. The lowest BCUT2D eigenvalue weighted by Crippen LogP contribution is -2.04. The third-order valence-corrected chi connectivity index (χ3v) is 4.40. The molecule has 0 aromatic carbocycles. The summed E-state index contributed by atoms with van der Waals surface area (Å²) in [6, 6.07) is 2.10. The first-order valence-electron chi connectivity index (χ1n) is 6.27. The molecule has 98 valence electrons. The smallest absolute Gasteiger partial charge is 0.176 e. The van der Waals surface area contributed by atoms with Gasteiger partial charge in [0, 0.05) is 5.56 Å². The predicted molar refractivity (Wildman–Crippen MR) is 73.7 cm³/mol. The molecule has 0 saturated heterocycles. The molecule has 1 aliphatic rings. The molecule has 1 aliphatic carbocycles. The van der Waals surface area contributed by atoms with Crippen LogP contribution in [-0.4, -0.2) is 14.6 Å². The number of halogens is 2. The van der Waals surface area contributed by atoms with Gasteiger partial charge in [0.1, 0.15) is 21.9 Å². The van der Waals surface area contributed by atoms with E-state index in [9.17, 15) is 0 Å². The number of rotatable bonds is 1. The predicted octanol–water partition coefficient (Wildman–Crippen LogP) is 3.87. The Bertz CT molecular complexity index is 693. The SMILES string of the molecule is Cc1nn2c(Cl)c(C3CCCC3)c(Cl)nc2c1C#N. The molecule has 0 radical (unpaired) electrons. The first kappa shape index (κ1) is 12.7. The maximum atomic E-state index is 9.14. The zero-order chi connectivity index (χ0) is 13.6. The summed E-state index contributed by atoms with van der Waals surface area (Å²) in [5, 5.41) is 14.3. The van der Waals surface area contributed by atoms with E-state index in [4.69, 9.17) is 28.5 Å². The van der Waals surface area contributed by atoms with Crippen LogP contribution in [0, 0.1) is 18.3 Å². The molecule has 2 aromatic rings. The molecule has 1 fully saturated rings. The molecule has 2 heterocycles. The van der Waals surface area contributed by atoms with E-state index in [1.165, 1.54) is 17.4 Å². The van der Waals surface area contributed by atoms with Gasteiger partial charge in [-0.15, -0.1) is 0 Å². The van der Waals surface area contributed by atoms with E-state index in [1.54, 1.807) is 6.92 Å².